The van der Waals surface area contributed by atoms with E-state index in [2.05, 4.69) is 0 Å². The van der Waals surface area contributed by atoms with Crippen LogP contribution >= 0.6 is 0 Å². The molecule has 2 saturated heterocycles. The highest BCUT2D eigenvalue weighted by molar-refractivity contribution is 5.79. The van der Waals surface area contributed by atoms with Gasteiger partial charge in [-0.1, -0.05) is 0 Å². The molecule has 21 heavy (non-hydrogen) atoms. The topological polar surface area (TPSA) is 81.4 Å². The van der Waals surface area contributed by atoms with Crippen LogP contribution in [0.2, 0.25) is 0 Å². The van der Waals surface area contributed by atoms with Crippen LogP contribution in [0.15, 0.2) is 33.5 Å². The van der Waals surface area contributed by atoms with Crippen molar-refractivity contribution in [1.82, 2.24) is 0 Å². The van der Waals surface area contributed by atoms with Gasteiger partial charge in [-0.2, -0.15) is 0 Å². The van der Waals surface area contributed by atoms with E-state index in [0.29, 0.717) is 11.3 Å². The Hall–Kier alpha value is -1.89. The zero-order valence-electron chi connectivity index (χ0n) is 11.5. The number of benzene rings is 1. The van der Waals surface area contributed by atoms with Crippen molar-refractivity contribution in [2.75, 3.05) is 7.11 Å². The van der Waals surface area contributed by atoms with Crippen LogP contribution in [0.1, 0.15) is 18.6 Å². The van der Waals surface area contributed by atoms with Crippen LogP contribution in [0.25, 0.3) is 11.0 Å². The number of rotatable bonds is 2. The molecule has 0 bridgehead atoms. The fourth-order valence-corrected chi connectivity index (χ4v) is 2.90. The lowest BCUT2D eigenvalue weighted by Crippen LogP contribution is -2.24. The molecule has 6 heteroatoms. The number of hydrogen-bond donors (Lipinski definition) is 1. The standard InChI is InChI=1S/C15H14O6/c1-15-13(21-15)12(20-14(15)17)8-5-7-3-4-11(16)19-9(7)6-10(8)18-2/h3-6,12-14,17H,1-2H3/t12-,13-,14-,15-/m1/s1. The fraction of sp³-hybridized carbons (Fsp3) is 0.400. The molecule has 2 aromatic rings. The molecule has 4 rings (SSSR count). The Balaban J connectivity index is 1.85. The van der Waals surface area contributed by atoms with E-state index in [1.807, 2.05) is 13.0 Å². The summed E-state index contributed by atoms with van der Waals surface area (Å²) < 4.78 is 21.6. The largest absolute Gasteiger partial charge is 0.496 e. The molecule has 0 amide bonds. The highest BCUT2D eigenvalue weighted by atomic mass is 16.7. The van der Waals surface area contributed by atoms with Crippen LogP contribution in [0.3, 0.4) is 0 Å². The van der Waals surface area contributed by atoms with E-state index in [4.69, 9.17) is 18.6 Å². The summed E-state index contributed by atoms with van der Waals surface area (Å²) in [6.07, 6.45) is -1.56. The Morgan fingerprint density at radius 1 is 1.33 bits per heavy atom. The van der Waals surface area contributed by atoms with Gasteiger partial charge in [0.05, 0.1) is 7.11 Å². The molecular formula is C15H14O6. The summed E-state index contributed by atoms with van der Waals surface area (Å²) in [6.45, 7) is 1.81. The average molecular weight is 290 g/mol. The fourth-order valence-electron chi connectivity index (χ4n) is 2.90. The highest BCUT2D eigenvalue weighted by Crippen LogP contribution is 2.56. The van der Waals surface area contributed by atoms with Crippen molar-refractivity contribution in [1.29, 1.82) is 0 Å². The van der Waals surface area contributed by atoms with Gasteiger partial charge in [-0.25, -0.2) is 4.79 Å². The maximum absolute atomic E-state index is 11.3. The van der Waals surface area contributed by atoms with Gasteiger partial charge in [-0.15, -0.1) is 0 Å². The molecule has 4 atom stereocenters. The summed E-state index contributed by atoms with van der Waals surface area (Å²) in [5.41, 5.74) is 0.154. The van der Waals surface area contributed by atoms with Gasteiger partial charge >= 0.3 is 5.63 Å². The van der Waals surface area contributed by atoms with Crippen LogP contribution in [-0.2, 0) is 9.47 Å². The SMILES string of the molecule is COc1cc2oc(=O)ccc2cc1[C@H]1O[C@@H](O)[C@]2(C)O[C@H]12. The molecule has 1 N–H and O–H groups in total. The Morgan fingerprint density at radius 3 is 2.76 bits per heavy atom. The predicted octanol–water partition coefficient (Wildman–Crippen LogP) is 1.35. The van der Waals surface area contributed by atoms with Gasteiger partial charge in [0.15, 0.2) is 6.29 Å². The van der Waals surface area contributed by atoms with Crippen LogP contribution < -0.4 is 10.4 Å². The Bertz CT molecular complexity index is 781. The first-order chi connectivity index (χ1) is 10.0. The number of aliphatic hydroxyl groups excluding tert-OH is 1. The molecule has 2 aliphatic rings. The minimum atomic E-state index is -0.957. The first kappa shape index (κ1) is 12.8. The minimum Gasteiger partial charge on any atom is -0.496 e. The summed E-state index contributed by atoms with van der Waals surface area (Å²) in [5, 5.41) is 10.7. The van der Waals surface area contributed by atoms with Crippen molar-refractivity contribution in [3.63, 3.8) is 0 Å². The Morgan fingerprint density at radius 2 is 2.14 bits per heavy atom. The number of hydrogen-bond acceptors (Lipinski definition) is 6. The molecule has 0 radical (unpaired) electrons. The summed E-state index contributed by atoms with van der Waals surface area (Å²) in [6, 6.07) is 6.53. The second kappa shape index (κ2) is 4.07. The number of methoxy groups -OCH3 is 1. The zero-order valence-corrected chi connectivity index (χ0v) is 11.5. The number of aliphatic hydroxyl groups is 1. The molecule has 6 nitrogen and oxygen atoms in total. The second-order valence-electron chi connectivity index (χ2n) is 5.52. The third-order valence-corrected chi connectivity index (χ3v) is 4.21. The minimum absolute atomic E-state index is 0.199. The quantitative estimate of drug-likeness (QED) is 0.664. The van der Waals surface area contributed by atoms with E-state index in [1.54, 1.807) is 12.1 Å². The molecule has 0 spiro atoms. The van der Waals surface area contributed by atoms with Crippen molar-refractivity contribution >= 4 is 11.0 Å². The van der Waals surface area contributed by atoms with Crippen molar-refractivity contribution in [2.45, 2.75) is 31.0 Å². The Kier molecular flexibility index (Phi) is 2.48. The number of ether oxygens (including phenoxy) is 3. The molecule has 3 heterocycles. The van der Waals surface area contributed by atoms with E-state index >= 15 is 0 Å². The van der Waals surface area contributed by atoms with Gasteiger partial charge in [0.2, 0.25) is 0 Å². The van der Waals surface area contributed by atoms with Gasteiger partial charge in [0, 0.05) is 23.1 Å². The average Bonchev–Trinajstić information content (AvgIpc) is 3.09. The summed E-state index contributed by atoms with van der Waals surface area (Å²) in [5.74, 6) is 0.536. The monoisotopic (exact) mass is 290 g/mol. The molecule has 2 fully saturated rings. The third kappa shape index (κ3) is 1.73. The normalized spacial score (nSPS) is 34.0. The smallest absolute Gasteiger partial charge is 0.336 e. The van der Waals surface area contributed by atoms with Crippen LogP contribution in [0, 0.1) is 0 Å². The second-order valence-corrected chi connectivity index (χ2v) is 5.52. The van der Waals surface area contributed by atoms with Crippen molar-refractivity contribution in [2.24, 2.45) is 0 Å². The van der Waals surface area contributed by atoms with Gasteiger partial charge in [0.1, 0.15) is 29.1 Å². The van der Waals surface area contributed by atoms with Crippen molar-refractivity contribution in [3.8, 4) is 5.75 Å². The first-order valence-corrected chi connectivity index (χ1v) is 6.66. The van der Waals surface area contributed by atoms with Gasteiger partial charge in [-0.3, -0.25) is 0 Å². The van der Waals surface area contributed by atoms with E-state index < -0.39 is 23.6 Å². The molecule has 1 aromatic carbocycles. The number of fused-ring (bicyclic) bond motifs is 2. The van der Waals surface area contributed by atoms with E-state index in [0.717, 1.165) is 10.9 Å². The van der Waals surface area contributed by atoms with Crippen LogP contribution in [0.4, 0.5) is 0 Å². The van der Waals surface area contributed by atoms with E-state index in [1.165, 1.54) is 13.2 Å². The molecule has 1 aromatic heterocycles. The van der Waals surface area contributed by atoms with Crippen LogP contribution in [-0.4, -0.2) is 30.2 Å². The van der Waals surface area contributed by atoms with E-state index in [-0.39, 0.29) is 6.10 Å². The molecule has 110 valence electrons. The van der Waals surface area contributed by atoms with E-state index in [9.17, 15) is 9.90 Å². The van der Waals surface area contributed by atoms with Gasteiger partial charge in [0.25, 0.3) is 0 Å². The van der Waals surface area contributed by atoms with Crippen LogP contribution in [0.5, 0.6) is 5.75 Å². The maximum atomic E-state index is 11.3. The summed E-state index contributed by atoms with van der Waals surface area (Å²) in [7, 11) is 1.53. The van der Waals surface area contributed by atoms with Gasteiger partial charge in [-0.05, 0) is 19.1 Å². The summed E-state index contributed by atoms with van der Waals surface area (Å²) >= 11 is 0. The predicted molar refractivity (Wildman–Crippen MR) is 72.1 cm³/mol. The Labute approximate surface area is 119 Å². The van der Waals surface area contributed by atoms with Crippen molar-refractivity contribution in [3.05, 3.63) is 40.2 Å². The lowest BCUT2D eigenvalue weighted by molar-refractivity contribution is -0.160. The first-order valence-electron chi connectivity index (χ1n) is 6.66. The lowest BCUT2D eigenvalue weighted by atomic mass is 9.99. The molecule has 0 saturated carbocycles. The number of epoxide rings is 1. The molecule has 0 unspecified atom stereocenters. The maximum Gasteiger partial charge on any atom is 0.336 e. The molecule has 2 aliphatic heterocycles. The highest BCUT2D eigenvalue weighted by Gasteiger charge is 2.68. The zero-order chi connectivity index (χ0) is 14.8. The molecular weight excluding hydrogens is 276 g/mol. The summed E-state index contributed by atoms with van der Waals surface area (Å²) in [4.78, 5) is 11.3. The van der Waals surface area contributed by atoms with Gasteiger partial charge < -0.3 is 23.7 Å². The lowest BCUT2D eigenvalue weighted by Gasteiger charge is -2.18. The third-order valence-electron chi connectivity index (χ3n) is 4.21. The molecule has 0 aliphatic carbocycles. The van der Waals surface area contributed by atoms with Crippen molar-refractivity contribution < 1.29 is 23.7 Å².